The molecule has 0 bridgehead atoms. The van der Waals surface area contributed by atoms with E-state index in [2.05, 4.69) is 0 Å². The molecule has 46 valence electrons. The van der Waals surface area contributed by atoms with Crippen LogP contribution in [0.5, 0.6) is 0 Å². The first-order valence-corrected chi connectivity index (χ1v) is 2.79. The van der Waals surface area contributed by atoms with Gasteiger partial charge in [0.05, 0.1) is 6.10 Å². The summed E-state index contributed by atoms with van der Waals surface area (Å²) in [6, 6.07) is 0. The molecule has 1 fully saturated rings. The summed E-state index contributed by atoms with van der Waals surface area (Å²) in [6.45, 7) is 2.02. The largest absolute Gasteiger partial charge is 0.380 e. The van der Waals surface area contributed by atoms with Gasteiger partial charge in [0.25, 0.3) is 0 Å². The van der Waals surface area contributed by atoms with Crippen molar-refractivity contribution in [3.63, 3.8) is 0 Å². The molecule has 1 aliphatic rings. The van der Waals surface area contributed by atoms with Crippen LogP contribution >= 0.6 is 0 Å². The molecule has 0 radical (unpaired) electrons. The molecular formula is C6H10O2. The Morgan fingerprint density at radius 1 is 1.62 bits per heavy atom. The highest BCUT2D eigenvalue weighted by atomic mass is 16.5. The minimum Gasteiger partial charge on any atom is -0.380 e. The molecule has 2 nitrogen and oxygen atoms in total. The van der Waals surface area contributed by atoms with Crippen LogP contribution in [0.15, 0.2) is 0 Å². The third-order valence-electron chi connectivity index (χ3n) is 1.79. The second kappa shape index (κ2) is 1.86. The van der Waals surface area contributed by atoms with Crippen molar-refractivity contribution in [2.75, 3.05) is 7.11 Å². The molecule has 0 heterocycles. The lowest BCUT2D eigenvalue weighted by atomic mass is 10.4. The van der Waals surface area contributed by atoms with Gasteiger partial charge < -0.3 is 9.53 Å². The van der Waals surface area contributed by atoms with Gasteiger partial charge in [-0.15, -0.1) is 0 Å². The molecule has 0 unspecified atom stereocenters. The number of carbonyl (C=O) groups excluding carboxylic acids is 1. The van der Waals surface area contributed by atoms with Crippen molar-refractivity contribution in [2.24, 2.45) is 11.8 Å². The normalized spacial score (nSPS) is 44.0. The van der Waals surface area contributed by atoms with Gasteiger partial charge in [0, 0.05) is 13.0 Å². The van der Waals surface area contributed by atoms with Crippen LogP contribution in [0.2, 0.25) is 0 Å². The van der Waals surface area contributed by atoms with Crippen LogP contribution in [-0.4, -0.2) is 19.5 Å². The fourth-order valence-corrected chi connectivity index (χ4v) is 1.03. The third-order valence-corrected chi connectivity index (χ3v) is 1.79. The zero-order chi connectivity index (χ0) is 6.15. The minimum atomic E-state index is 0.181. The lowest BCUT2D eigenvalue weighted by Gasteiger charge is -1.86. The van der Waals surface area contributed by atoms with Crippen molar-refractivity contribution in [3.05, 3.63) is 0 Å². The van der Waals surface area contributed by atoms with Crippen LogP contribution in [0.25, 0.3) is 0 Å². The van der Waals surface area contributed by atoms with Crippen molar-refractivity contribution in [3.8, 4) is 0 Å². The van der Waals surface area contributed by atoms with Gasteiger partial charge >= 0.3 is 0 Å². The van der Waals surface area contributed by atoms with E-state index in [0.717, 1.165) is 6.29 Å². The molecule has 0 amide bonds. The van der Waals surface area contributed by atoms with Gasteiger partial charge in [-0.25, -0.2) is 0 Å². The van der Waals surface area contributed by atoms with Crippen LogP contribution in [0.3, 0.4) is 0 Å². The number of aldehydes is 1. The number of carbonyl (C=O) groups is 1. The van der Waals surface area contributed by atoms with Gasteiger partial charge in [-0.05, 0) is 5.92 Å². The van der Waals surface area contributed by atoms with E-state index in [1.54, 1.807) is 7.11 Å². The van der Waals surface area contributed by atoms with E-state index in [9.17, 15) is 4.79 Å². The summed E-state index contributed by atoms with van der Waals surface area (Å²) in [6.07, 6.45) is 1.19. The Balaban J connectivity index is 2.33. The quantitative estimate of drug-likeness (QED) is 0.488. The summed E-state index contributed by atoms with van der Waals surface area (Å²) in [7, 11) is 1.64. The summed E-state index contributed by atoms with van der Waals surface area (Å²) >= 11 is 0. The lowest BCUT2D eigenvalue weighted by Crippen LogP contribution is -1.90. The zero-order valence-electron chi connectivity index (χ0n) is 5.13. The number of methoxy groups -OCH3 is 1. The minimum absolute atomic E-state index is 0.181. The average molecular weight is 114 g/mol. The molecule has 0 saturated heterocycles. The molecule has 0 aromatic heterocycles. The molecule has 1 aliphatic carbocycles. The molecule has 2 heteroatoms. The van der Waals surface area contributed by atoms with Crippen LogP contribution in [0.1, 0.15) is 6.92 Å². The van der Waals surface area contributed by atoms with Crippen LogP contribution in [-0.2, 0) is 9.53 Å². The van der Waals surface area contributed by atoms with E-state index in [1.165, 1.54) is 0 Å². The SMILES string of the molecule is CO[C@H]1[C@@H](C)[C@@H]1C=O. The summed E-state index contributed by atoms with van der Waals surface area (Å²) in [5, 5.41) is 0. The second-order valence-corrected chi connectivity index (χ2v) is 2.27. The van der Waals surface area contributed by atoms with Crippen molar-refractivity contribution >= 4 is 6.29 Å². The smallest absolute Gasteiger partial charge is 0.126 e. The Morgan fingerprint density at radius 2 is 2.25 bits per heavy atom. The molecule has 0 aromatic carbocycles. The molecule has 1 saturated carbocycles. The van der Waals surface area contributed by atoms with Crippen LogP contribution < -0.4 is 0 Å². The maximum absolute atomic E-state index is 10.1. The Hall–Kier alpha value is -0.370. The highest BCUT2D eigenvalue weighted by Gasteiger charge is 2.46. The van der Waals surface area contributed by atoms with Crippen molar-refractivity contribution < 1.29 is 9.53 Å². The fraction of sp³-hybridized carbons (Fsp3) is 0.833. The van der Waals surface area contributed by atoms with E-state index in [0.29, 0.717) is 5.92 Å². The van der Waals surface area contributed by atoms with Crippen molar-refractivity contribution in [2.45, 2.75) is 13.0 Å². The maximum atomic E-state index is 10.1. The number of rotatable bonds is 2. The van der Waals surface area contributed by atoms with Gasteiger partial charge in [0.15, 0.2) is 0 Å². The molecular weight excluding hydrogens is 104 g/mol. The number of hydrogen-bond acceptors (Lipinski definition) is 2. The lowest BCUT2D eigenvalue weighted by molar-refractivity contribution is -0.109. The second-order valence-electron chi connectivity index (χ2n) is 2.27. The van der Waals surface area contributed by atoms with E-state index < -0.39 is 0 Å². The molecule has 0 aliphatic heterocycles. The average Bonchev–Trinajstić information content (AvgIpc) is 2.40. The van der Waals surface area contributed by atoms with Gasteiger partial charge in [-0.3, -0.25) is 0 Å². The highest BCUT2D eigenvalue weighted by Crippen LogP contribution is 2.38. The summed E-state index contributed by atoms with van der Waals surface area (Å²) in [5.41, 5.74) is 0. The van der Waals surface area contributed by atoms with Gasteiger partial charge in [0.2, 0.25) is 0 Å². The molecule has 3 atom stereocenters. The Morgan fingerprint density at radius 3 is 2.38 bits per heavy atom. The van der Waals surface area contributed by atoms with Gasteiger partial charge in [-0.2, -0.15) is 0 Å². The van der Waals surface area contributed by atoms with Crippen LogP contribution in [0.4, 0.5) is 0 Å². The zero-order valence-corrected chi connectivity index (χ0v) is 5.13. The number of ether oxygens (including phenoxy) is 1. The predicted molar refractivity (Wildman–Crippen MR) is 29.5 cm³/mol. The summed E-state index contributed by atoms with van der Waals surface area (Å²) in [5.74, 6) is 0.637. The first kappa shape index (κ1) is 5.76. The predicted octanol–water partition coefficient (Wildman–Crippen LogP) is 0.466. The fourth-order valence-electron chi connectivity index (χ4n) is 1.03. The maximum Gasteiger partial charge on any atom is 0.126 e. The monoisotopic (exact) mass is 114 g/mol. The third kappa shape index (κ3) is 0.650. The van der Waals surface area contributed by atoms with E-state index in [-0.39, 0.29) is 12.0 Å². The molecule has 1 rings (SSSR count). The molecule has 0 aromatic rings. The standard InChI is InChI=1S/C6H10O2/c1-4-5(3-7)6(4)8-2/h3-6H,1-2H3/t4-,5-,6-/m0/s1. The van der Waals surface area contributed by atoms with Gasteiger partial charge in [-0.1, -0.05) is 6.92 Å². The van der Waals surface area contributed by atoms with Crippen molar-refractivity contribution in [1.82, 2.24) is 0 Å². The topological polar surface area (TPSA) is 26.3 Å². The van der Waals surface area contributed by atoms with E-state index >= 15 is 0 Å². The molecule has 0 N–H and O–H groups in total. The van der Waals surface area contributed by atoms with Gasteiger partial charge in [0.1, 0.15) is 6.29 Å². The summed E-state index contributed by atoms with van der Waals surface area (Å²) in [4.78, 5) is 10.1. The summed E-state index contributed by atoms with van der Waals surface area (Å²) < 4.78 is 4.95. The first-order valence-electron chi connectivity index (χ1n) is 2.79. The Kier molecular flexibility index (Phi) is 1.34. The van der Waals surface area contributed by atoms with E-state index in [4.69, 9.17) is 4.74 Å². The highest BCUT2D eigenvalue weighted by molar-refractivity contribution is 5.60. The molecule has 0 spiro atoms. The Labute approximate surface area is 48.8 Å². The molecule has 8 heavy (non-hydrogen) atoms. The van der Waals surface area contributed by atoms with E-state index in [1.807, 2.05) is 6.92 Å². The Bertz CT molecular complexity index is 101. The van der Waals surface area contributed by atoms with Crippen LogP contribution in [0, 0.1) is 11.8 Å². The number of hydrogen-bond donors (Lipinski definition) is 0. The van der Waals surface area contributed by atoms with Crippen molar-refractivity contribution in [1.29, 1.82) is 0 Å². The first-order chi connectivity index (χ1) is 3.81.